The zero-order valence-corrected chi connectivity index (χ0v) is 26.9. The summed E-state index contributed by atoms with van der Waals surface area (Å²) in [4.78, 5) is 47.6. The van der Waals surface area contributed by atoms with Crippen molar-refractivity contribution in [2.45, 2.75) is 110 Å². The molecule has 10 nitrogen and oxygen atoms in total. The van der Waals surface area contributed by atoms with Gasteiger partial charge in [-0.2, -0.15) is 0 Å². The maximum atomic E-state index is 14.3. The van der Waals surface area contributed by atoms with Gasteiger partial charge in [0.1, 0.15) is 23.9 Å². The molecule has 2 rings (SSSR count). The van der Waals surface area contributed by atoms with Crippen molar-refractivity contribution in [1.29, 1.82) is 0 Å². The van der Waals surface area contributed by atoms with Crippen LogP contribution in [0, 0.1) is 11.8 Å². The number of ether oxygens (including phenoxy) is 2. The van der Waals surface area contributed by atoms with Crippen LogP contribution in [0.3, 0.4) is 0 Å². The molecule has 0 saturated carbocycles. The van der Waals surface area contributed by atoms with Crippen LogP contribution >= 0.6 is 11.3 Å². The van der Waals surface area contributed by atoms with Crippen molar-refractivity contribution in [3.8, 4) is 0 Å². The van der Waals surface area contributed by atoms with Gasteiger partial charge in [0, 0.05) is 24.4 Å². The number of thiazole rings is 1. The predicted molar refractivity (Wildman–Crippen MR) is 161 cm³/mol. The molecular weight excluding hydrogens is 544 g/mol. The highest BCUT2D eigenvalue weighted by molar-refractivity contribution is 7.09. The monoisotopic (exact) mass is 596 g/mol. The van der Waals surface area contributed by atoms with Gasteiger partial charge in [-0.25, -0.2) is 9.78 Å². The summed E-state index contributed by atoms with van der Waals surface area (Å²) in [6.07, 6.45) is 5.75. The van der Waals surface area contributed by atoms with Crippen LogP contribution in [0.4, 0.5) is 0 Å². The Kier molecular flexibility index (Phi) is 15.2. The van der Waals surface area contributed by atoms with E-state index in [4.69, 9.17) is 9.47 Å². The normalized spacial score (nSPS) is 18.9. The van der Waals surface area contributed by atoms with Gasteiger partial charge < -0.3 is 24.8 Å². The van der Waals surface area contributed by atoms with Gasteiger partial charge in [-0.1, -0.05) is 60.3 Å². The van der Waals surface area contributed by atoms with E-state index in [1.165, 1.54) is 18.4 Å². The van der Waals surface area contributed by atoms with Crippen molar-refractivity contribution >= 4 is 29.1 Å². The number of piperidine rings is 1. The molecule has 1 aromatic heterocycles. The van der Waals surface area contributed by atoms with Crippen molar-refractivity contribution in [3.63, 3.8) is 0 Å². The first-order chi connectivity index (χ1) is 19.5. The second-order valence-corrected chi connectivity index (χ2v) is 12.4. The first kappa shape index (κ1) is 35.1. The fourth-order valence-electron chi connectivity index (χ4n) is 5.19. The Hall–Kier alpha value is -2.08. The van der Waals surface area contributed by atoms with Gasteiger partial charge in [0.15, 0.2) is 5.69 Å². The van der Waals surface area contributed by atoms with E-state index in [1.54, 1.807) is 10.3 Å². The molecule has 11 heteroatoms. The number of carbonyl (C=O) groups excluding carboxylic acids is 3. The van der Waals surface area contributed by atoms with E-state index in [-0.39, 0.29) is 48.5 Å². The smallest absolute Gasteiger partial charge is 0.357 e. The summed E-state index contributed by atoms with van der Waals surface area (Å²) < 4.78 is 10.8. The lowest BCUT2D eigenvalue weighted by atomic mass is 9.92. The number of nitrogens with one attached hydrogen (secondary N) is 1. The van der Waals surface area contributed by atoms with Gasteiger partial charge in [-0.15, -0.1) is 11.3 Å². The molecule has 1 aliphatic heterocycles. The minimum absolute atomic E-state index is 0.0226. The van der Waals surface area contributed by atoms with Crippen LogP contribution in [-0.2, 0) is 19.1 Å². The van der Waals surface area contributed by atoms with Crippen LogP contribution in [0.25, 0.3) is 0 Å². The molecule has 1 aromatic rings. The molecule has 1 saturated heterocycles. The third-order valence-electron chi connectivity index (χ3n) is 8.09. The summed E-state index contributed by atoms with van der Waals surface area (Å²) in [6.45, 7) is 11.6. The number of methoxy groups -OCH3 is 1. The lowest BCUT2D eigenvalue weighted by molar-refractivity contribution is -0.149. The highest BCUT2D eigenvalue weighted by Gasteiger charge is 2.38. The lowest BCUT2D eigenvalue weighted by Crippen LogP contribution is -2.59. The first-order valence-corrected chi connectivity index (χ1v) is 16.0. The van der Waals surface area contributed by atoms with E-state index >= 15 is 0 Å². The molecule has 1 aliphatic rings. The summed E-state index contributed by atoms with van der Waals surface area (Å²) in [5.74, 6) is -1.00. The molecule has 234 valence electrons. The number of aliphatic hydroxyl groups is 1. The number of nitrogens with zero attached hydrogens (tertiary/aromatic N) is 3. The number of esters is 1. The largest absolute Gasteiger partial charge is 0.464 e. The molecule has 5 atom stereocenters. The molecule has 5 unspecified atom stereocenters. The molecule has 0 spiro atoms. The number of unbranched alkanes of at least 4 members (excludes halogenated alkanes) is 2. The summed E-state index contributed by atoms with van der Waals surface area (Å²) in [5, 5.41) is 16.2. The van der Waals surface area contributed by atoms with Crippen molar-refractivity contribution in [2.24, 2.45) is 11.8 Å². The lowest BCUT2D eigenvalue weighted by Gasteiger charge is -2.39. The van der Waals surface area contributed by atoms with Gasteiger partial charge in [0.05, 0.1) is 13.2 Å². The van der Waals surface area contributed by atoms with Crippen LogP contribution in [0.2, 0.25) is 0 Å². The molecule has 0 radical (unpaired) electrons. The van der Waals surface area contributed by atoms with Crippen molar-refractivity contribution in [2.75, 3.05) is 34.0 Å². The van der Waals surface area contributed by atoms with E-state index in [9.17, 15) is 19.5 Å². The summed E-state index contributed by atoms with van der Waals surface area (Å²) in [6, 6.07) is -1.36. The average Bonchev–Trinajstić information content (AvgIpc) is 3.46. The predicted octanol–water partition coefficient (Wildman–Crippen LogP) is 4.39. The Morgan fingerprint density at radius 3 is 2.56 bits per heavy atom. The molecular formula is C30H52N4O6S. The second kappa shape index (κ2) is 17.8. The number of aliphatic hydroxyl groups excluding tert-OH is 1. The maximum absolute atomic E-state index is 14.3. The van der Waals surface area contributed by atoms with E-state index in [0.29, 0.717) is 18.0 Å². The van der Waals surface area contributed by atoms with Crippen molar-refractivity contribution in [1.82, 2.24) is 20.1 Å². The molecule has 0 aromatic carbocycles. The standard InChI is InChI=1S/C30H52N4O6S/c1-8-10-13-16-40-19-34(24(20(3)4)17-25(35)28-31-22(18-41-28)30(38)39-7)29(37)26(21(5)9-2)32-27(36)23-14-11-12-15-33(23)6/h18,20-21,23-26,35H,8-17,19H2,1-7H3,(H,32,36). The Morgan fingerprint density at radius 2 is 1.95 bits per heavy atom. The number of likely N-dealkylation sites (N-methyl/N-ethyl adjacent to an activating group) is 1. The van der Waals surface area contributed by atoms with Gasteiger partial charge in [-0.05, 0) is 44.7 Å². The number of rotatable bonds is 17. The minimum atomic E-state index is -0.992. The van der Waals surface area contributed by atoms with Crippen LogP contribution in [0.1, 0.15) is 108 Å². The highest BCUT2D eigenvalue weighted by atomic mass is 32.1. The molecule has 1 fully saturated rings. The number of carbonyl (C=O) groups is 3. The Balaban J connectivity index is 2.32. The average molecular weight is 597 g/mol. The maximum Gasteiger partial charge on any atom is 0.357 e. The van der Waals surface area contributed by atoms with Gasteiger partial charge in [-0.3, -0.25) is 14.5 Å². The summed E-state index contributed by atoms with van der Waals surface area (Å²) >= 11 is 1.18. The molecule has 2 N–H and O–H groups in total. The van der Waals surface area contributed by atoms with Crippen molar-refractivity contribution < 1.29 is 29.0 Å². The van der Waals surface area contributed by atoms with E-state index in [2.05, 4.69) is 22.1 Å². The summed E-state index contributed by atoms with van der Waals surface area (Å²) in [7, 11) is 3.25. The number of hydrogen-bond acceptors (Lipinski definition) is 9. The Labute approximate surface area is 250 Å². The van der Waals surface area contributed by atoms with E-state index in [1.807, 2.05) is 34.7 Å². The zero-order chi connectivity index (χ0) is 30.5. The Morgan fingerprint density at radius 1 is 1.22 bits per heavy atom. The van der Waals surface area contributed by atoms with Gasteiger partial charge in [0.25, 0.3) is 0 Å². The van der Waals surface area contributed by atoms with Crippen LogP contribution in [0.15, 0.2) is 5.38 Å². The van der Waals surface area contributed by atoms with Gasteiger partial charge >= 0.3 is 5.97 Å². The Bertz CT molecular complexity index is 957. The van der Waals surface area contributed by atoms with Crippen LogP contribution < -0.4 is 5.32 Å². The third kappa shape index (κ3) is 10.3. The molecule has 0 aliphatic carbocycles. The van der Waals surface area contributed by atoms with Gasteiger partial charge in [0.2, 0.25) is 11.8 Å². The quantitative estimate of drug-likeness (QED) is 0.154. The number of hydrogen-bond donors (Lipinski definition) is 2. The molecule has 0 bridgehead atoms. The fourth-order valence-corrected chi connectivity index (χ4v) is 5.97. The zero-order valence-electron chi connectivity index (χ0n) is 26.1. The van der Waals surface area contributed by atoms with Crippen molar-refractivity contribution in [3.05, 3.63) is 16.1 Å². The SMILES string of the molecule is CCCCCOCN(C(=O)C(NC(=O)C1CCCCN1C)C(C)CC)C(CC(O)c1nc(C(=O)OC)cs1)C(C)C. The second-order valence-electron chi connectivity index (χ2n) is 11.5. The number of aromatic nitrogens is 1. The number of amides is 2. The van der Waals surface area contributed by atoms with E-state index in [0.717, 1.165) is 45.1 Å². The third-order valence-corrected chi connectivity index (χ3v) is 9.04. The van der Waals surface area contributed by atoms with Crippen LogP contribution in [-0.4, -0.2) is 89.8 Å². The topological polar surface area (TPSA) is 121 Å². The van der Waals surface area contributed by atoms with E-state index < -0.39 is 24.2 Å². The fraction of sp³-hybridized carbons (Fsp3) is 0.800. The molecule has 2 heterocycles. The highest BCUT2D eigenvalue weighted by Crippen LogP contribution is 2.29. The first-order valence-electron chi connectivity index (χ1n) is 15.2. The molecule has 2 amide bonds. The minimum Gasteiger partial charge on any atom is -0.464 e. The van der Waals surface area contributed by atoms with Crippen LogP contribution in [0.5, 0.6) is 0 Å². The molecule has 41 heavy (non-hydrogen) atoms. The number of likely N-dealkylation sites (tertiary alicyclic amines) is 1. The summed E-state index contributed by atoms with van der Waals surface area (Å²) in [5.41, 5.74) is 0.145.